The second-order valence-corrected chi connectivity index (χ2v) is 6.60. The maximum absolute atomic E-state index is 12.2. The predicted molar refractivity (Wildman–Crippen MR) is 104 cm³/mol. The maximum Gasteiger partial charge on any atom is 0.323 e. The Hall–Kier alpha value is -3.88. The number of fused-ring (bicyclic) bond motifs is 2. The molecule has 0 spiro atoms. The number of aromatic nitrogens is 2. The van der Waals surface area contributed by atoms with Gasteiger partial charge in [0, 0.05) is 18.0 Å². The molecule has 0 saturated carbocycles. The van der Waals surface area contributed by atoms with Crippen LogP contribution in [-0.4, -0.2) is 35.3 Å². The SMILES string of the molecule is O=C(Nc1ccc2c(c1)OCO2)Nc1cnn(C[C@H]2COc3ccccc3O2)c1. The Kier molecular flexibility index (Phi) is 4.32. The van der Waals surface area contributed by atoms with Gasteiger partial charge in [-0.3, -0.25) is 4.68 Å². The summed E-state index contributed by atoms with van der Waals surface area (Å²) in [6.45, 7) is 1.12. The van der Waals surface area contributed by atoms with Gasteiger partial charge in [-0.05, 0) is 24.3 Å². The molecular formula is C20H18N4O5. The number of hydrogen-bond donors (Lipinski definition) is 2. The predicted octanol–water partition coefficient (Wildman–Crippen LogP) is 3.10. The molecule has 0 aliphatic carbocycles. The highest BCUT2D eigenvalue weighted by Crippen LogP contribution is 2.34. The lowest BCUT2D eigenvalue weighted by molar-refractivity contribution is 0.0759. The Balaban J connectivity index is 1.17. The fourth-order valence-electron chi connectivity index (χ4n) is 3.16. The van der Waals surface area contributed by atoms with E-state index in [-0.39, 0.29) is 18.9 Å². The monoisotopic (exact) mass is 394 g/mol. The van der Waals surface area contributed by atoms with Crippen molar-refractivity contribution in [2.45, 2.75) is 12.6 Å². The molecule has 2 aliphatic rings. The van der Waals surface area contributed by atoms with Crippen molar-refractivity contribution in [1.29, 1.82) is 0 Å². The molecule has 2 aromatic carbocycles. The van der Waals surface area contributed by atoms with Crippen molar-refractivity contribution in [1.82, 2.24) is 9.78 Å². The normalized spacial score (nSPS) is 16.3. The molecule has 29 heavy (non-hydrogen) atoms. The molecule has 5 rings (SSSR count). The van der Waals surface area contributed by atoms with E-state index < -0.39 is 0 Å². The third-order valence-corrected chi connectivity index (χ3v) is 4.48. The Bertz CT molecular complexity index is 1050. The molecule has 3 aromatic rings. The first-order chi connectivity index (χ1) is 14.2. The van der Waals surface area contributed by atoms with Gasteiger partial charge in [0.1, 0.15) is 6.61 Å². The van der Waals surface area contributed by atoms with Crippen molar-refractivity contribution in [2.24, 2.45) is 0 Å². The number of nitrogens with zero attached hydrogens (tertiary/aromatic N) is 2. The summed E-state index contributed by atoms with van der Waals surface area (Å²) in [5, 5.41) is 9.78. The van der Waals surface area contributed by atoms with Crippen molar-refractivity contribution >= 4 is 17.4 Å². The van der Waals surface area contributed by atoms with E-state index in [0.29, 0.717) is 36.0 Å². The lowest BCUT2D eigenvalue weighted by Gasteiger charge is -2.26. The van der Waals surface area contributed by atoms with Gasteiger partial charge in [0.15, 0.2) is 29.1 Å². The molecule has 0 bridgehead atoms. The zero-order chi connectivity index (χ0) is 19.6. The molecule has 2 amide bonds. The van der Waals surface area contributed by atoms with E-state index in [4.69, 9.17) is 18.9 Å². The quantitative estimate of drug-likeness (QED) is 0.706. The average molecular weight is 394 g/mol. The topological polar surface area (TPSA) is 95.9 Å². The number of carbonyl (C=O) groups excluding carboxylic acids is 1. The second kappa shape index (κ2) is 7.27. The first-order valence-corrected chi connectivity index (χ1v) is 9.11. The maximum atomic E-state index is 12.2. The highest BCUT2D eigenvalue weighted by atomic mass is 16.7. The van der Waals surface area contributed by atoms with Crippen LogP contribution in [0.2, 0.25) is 0 Å². The third kappa shape index (κ3) is 3.75. The number of anilines is 2. The van der Waals surface area contributed by atoms with Gasteiger partial charge >= 0.3 is 6.03 Å². The number of benzene rings is 2. The molecule has 0 fully saturated rings. The first kappa shape index (κ1) is 17.2. The molecule has 1 aromatic heterocycles. The van der Waals surface area contributed by atoms with Crippen LogP contribution in [0.5, 0.6) is 23.0 Å². The molecule has 9 nitrogen and oxygen atoms in total. The second-order valence-electron chi connectivity index (χ2n) is 6.60. The number of hydrogen-bond acceptors (Lipinski definition) is 6. The molecule has 0 unspecified atom stereocenters. The van der Waals surface area contributed by atoms with Gasteiger partial charge in [0.25, 0.3) is 0 Å². The van der Waals surface area contributed by atoms with Gasteiger partial charge in [-0.25, -0.2) is 4.79 Å². The minimum absolute atomic E-state index is 0.167. The number of urea groups is 1. The van der Waals surface area contributed by atoms with Crippen molar-refractivity contribution in [3.63, 3.8) is 0 Å². The number of carbonyl (C=O) groups is 1. The van der Waals surface area contributed by atoms with Crippen LogP contribution in [0.4, 0.5) is 16.2 Å². The zero-order valence-corrected chi connectivity index (χ0v) is 15.3. The van der Waals surface area contributed by atoms with E-state index in [2.05, 4.69) is 15.7 Å². The number of nitrogens with one attached hydrogen (secondary N) is 2. The van der Waals surface area contributed by atoms with Crippen molar-refractivity contribution in [2.75, 3.05) is 24.0 Å². The smallest absolute Gasteiger partial charge is 0.323 e. The lowest BCUT2D eigenvalue weighted by Crippen LogP contribution is -2.33. The van der Waals surface area contributed by atoms with Gasteiger partial charge in [-0.15, -0.1) is 0 Å². The first-order valence-electron chi connectivity index (χ1n) is 9.11. The van der Waals surface area contributed by atoms with Gasteiger partial charge < -0.3 is 29.6 Å². The van der Waals surface area contributed by atoms with Crippen molar-refractivity contribution in [3.05, 3.63) is 54.9 Å². The molecule has 9 heteroatoms. The highest BCUT2D eigenvalue weighted by Gasteiger charge is 2.21. The van der Waals surface area contributed by atoms with Crippen LogP contribution >= 0.6 is 0 Å². The summed E-state index contributed by atoms with van der Waals surface area (Å²) in [4.78, 5) is 12.2. The Morgan fingerprint density at radius 1 is 1.00 bits per heavy atom. The fourth-order valence-corrected chi connectivity index (χ4v) is 3.16. The number of para-hydroxylation sites is 2. The van der Waals surface area contributed by atoms with E-state index in [1.165, 1.54) is 0 Å². The summed E-state index contributed by atoms with van der Waals surface area (Å²) in [6.07, 6.45) is 3.15. The van der Waals surface area contributed by atoms with Crippen LogP contribution in [0, 0.1) is 0 Å². The Morgan fingerprint density at radius 3 is 2.72 bits per heavy atom. The largest absolute Gasteiger partial charge is 0.486 e. The van der Waals surface area contributed by atoms with Gasteiger partial charge in [0.2, 0.25) is 6.79 Å². The number of rotatable bonds is 4. The standard InChI is InChI=1S/C20H18N4O5/c25-20(22-13-5-6-17-19(7-13)28-12-27-17)23-14-8-21-24(9-14)10-15-11-26-16-3-1-2-4-18(16)29-15/h1-9,15H,10-12H2,(H2,22,23,25)/t15-/m0/s1. The number of ether oxygens (including phenoxy) is 4. The fraction of sp³-hybridized carbons (Fsp3) is 0.200. The van der Waals surface area contributed by atoms with Crippen molar-refractivity contribution in [3.8, 4) is 23.0 Å². The van der Waals surface area contributed by atoms with E-state index in [1.807, 2.05) is 24.3 Å². The molecule has 0 saturated heterocycles. The molecule has 0 radical (unpaired) electrons. The summed E-state index contributed by atoms with van der Waals surface area (Å²) < 4.78 is 23.9. The van der Waals surface area contributed by atoms with Gasteiger partial charge in [-0.1, -0.05) is 12.1 Å². The summed E-state index contributed by atoms with van der Waals surface area (Å²) in [6, 6.07) is 12.4. The molecule has 2 N–H and O–H groups in total. The zero-order valence-electron chi connectivity index (χ0n) is 15.3. The van der Waals surface area contributed by atoms with E-state index in [9.17, 15) is 4.79 Å². The van der Waals surface area contributed by atoms with Gasteiger partial charge in [0.05, 0.1) is 18.4 Å². The van der Waals surface area contributed by atoms with Gasteiger partial charge in [-0.2, -0.15) is 5.10 Å². The van der Waals surface area contributed by atoms with Crippen LogP contribution in [0.15, 0.2) is 54.9 Å². The number of amides is 2. The Labute approximate surface area is 166 Å². The average Bonchev–Trinajstić information content (AvgIpc) is 3.36. The molecule has 2 aliphatic heterocycles. The van der Waals surface area contributed by atoms with Crippen LogP contribution in [0.1, 0.15) is 0 Å². The van der Waals surface area contributed by atoms with E-state index in [0.717, 1.165) is 11.5 Å². The van der Waals surface area contributed by atoms with Crippen LogP contribution in [0.25, 0.3) is 0 Å². The molecule has 3 heterocycles. The minimum atomic E-state index is -0.380. The summed E-state index contributed by atoms with van der Waals surface area (Å²) >= 11 is 0. The highest BCUT2D eigenvalue weighted by molar-refractivity contribution is 5.99. The third-order valence-electron chi connectivity index (χ3n) is 4.48. The van der Waals surface area contributed by atoms with Crippen molar-refractivity contribution < 1.29 is 23.7 Å². The molecular weight excluding hydrogens is 376 g/mol. The lowest BCUT2D eigenvalue weighted by atomic mass is 10.2. The molecule has 1 atom stereocenters. The summed E-state index contributed by atoms with van der Waals surface area (Å²) in [5.41, 5.74) is 1.17. The van der Waals surface area contributed by atoms with E-state index >= 15 is 0 Å². The summed E-state index contributed by atoms with van der Waals surface area (Å²) in [5.74, 6) is 2.73. The van der Waals surface area contributed by atoms with Crippen LogP contribution < -0.4 is 29.6 Å². The summed E-state index contributed by atoms with van der Waals surface area (Å²) in [7, 11) is 0. The minimum Gasteiger partial charge on any atom is -0.486 e. The van der Waals surface area contributed by atoms with Crippen LogP contribution in [-0.2, 0) is 6.54 Å². The molecule has 148 valence electrons. The Morgan fingerprint density at radius 2 is 1.79 bits per heavy atom. The van der Waals surface area contributed by atoms with Crippen LogP contribution in [0.3, 0.4) is 0 Å². The van der Waals surface area contributed by atoms with E-state index in [1.54, 1.807) is 35.3 Å².